The molecule has 0 aliphatic rings. The summed E-state index contributed by atoms with van der Waals surface area (Å²) in [5, 5.41) is 11.1. The summed E-state index contributed by atoms with van der Waals surface area (Å²) in [6, 6.07) is 7.56. The molecule has 1 aromatic rings. The Morgan fingerprint density at radius 1 is 1.53 bits per heavy atom. The summed E-state index contributed by atoms with van der Waals surface area (Å²) in [6.45, 7) is 1.96. The van der Waals surface area contributed by atoms with E-state index in [1.54, 1.807) is 6.26 Å². The van der Waals surface area contributed by atoms with Crippen LogP contribution >= 0.6 is 11.8 Å². The zero-order valence-electron chi connectivity index (χ0n) is 8.52. The van der Waals surface area contributed by atoms with Gasteiger partial charge in [0.15, 0.2) is 5.17 Å². The fourth-order valence-corrected chi connectivity index (χ4v) is 1.42. The van der Waals surface area contributed by atoms with Crippen molar-refractivity contribution < 1.29 is 9.90 Å². The zero-order valence-corrected chi connectivity index (χ0v) is 9.34. The van der Waals surface area contributed by atoms with Gasteiger partial charge in [0.05, 0.1) is 5.69 Å². The van der Waals surface area contributed by atoms with E-state index in [2.05, 4.69) is 10.3 Å². The molecule has 0 saturated heterocycles. The SMILES string of the molecule is CSC(=Nc1cccc(C)c1)NC(=O)O. The smallest absolute Gasteiger partial charge is 0.410 e. The van der Waals surface area contributed by atoms with E-state index in [0.717, 1.165) is 11.3 Å². The van der Waals surface area contributed by atoms with Crippen LogP contribution < -0.4 is 5.32 Å². The number of thioether (sulfide) groups is 1. The van der Waals surface area contributed by atoms with Gasteiger partial charge in [-0.25, -0.2) is 9.79 Å². The molecule has 0 bridgehead atoms. The van der Waals surface area contributed by atoms with Gasteiger partial charge in [0.1, 0.15) is 0 Å². The summed E-state index contributed by atoms with van der Waals surface area (Å²) in [5.74, 6) is 0. The molecule has 2 N–H and O–H groups in total. The van der Waals surface area contributed by atoms with E-state index in [9.17, 15) is 4.79 Å². The van der Waals surface area contributed by atoms with Crippen molar-refractivity contribution in [1.29, 1.82) is 0 Å². The molecule has 80 valence electrons. The summed E-state index contributed by atoms with van der Waals surface area (Å²) in [7, 11) is 0. The van der Waals surface area contributed by atoms with E-state index < -0.39 is 6.09 Å². The molecule has 5 heteroatoms. The Morgan fingerprint density at radius 3 is 2.80 bits per heavy atom. The number of nitrogens with zero attached hydrogens (tertiary/aromatic N) is 1. The summed E-state index contributed by atoms with van der Waals surface area (Å²) >= 11 is 1.26. The third-order valence-electron chi connectivity index (χ3n) is 1.64. The number of amidine groups is 1. The number of hydrogen-bond donors (Lipinski definition) is 2. The van der Waals surface area contributed by atoms with Gasteiger partial charge in [-0.15, -0.1) is 0 Å². The molecule has 0 heterocycles. The van der Waals surface area contributed by atoms with Gasteiger partial charge in [-0.2, -0.15) is 0 Å². The van der Waals surface area contributed by atoms with Crippen LogP contribution in [0.3, 0.4) is 0 Å². The van der Waals surface area contributed by atoms with Crippen molar-refractivity contribution in [3.8, 4) is 0 Å². The molecule has 4 nitrogen and oxygen atoms in total. The van der Waals surface area contributed by atoms with E-state index >= 15 is 0 Å². The summed E-state index contributed by atoms with van der Waals surface area (Å²) in [4.78, 5) is 14.6. The monoisotopic (exact) mass is 224 g/mol. The maximum atomic E-state index is 10.4. The quantitative estimate of drug-likeness (QED) is 0.569. The van der Waals surface area contributed by atoms with Gasteiger partial charge in [0, 0.05) is 0 Å². The first-order valence-corrected chi connectivity index (χ1v) is 5.53. The van der Waals surface area contributed by atoms with Crippen LogP contribution in [-0.4, -0.2) is 22.6 Å². The Morgan fingerprint density at radius 2 is 2.27 bits per heavy atom. The van der Waals surface area contributed by atoms with E-state index in [4.69, 9.17) is 5.11 Å². The third-order valence-corrected chi connectivity index (χ3v) is 2.22. The molecule has 0 aliphatic heterocycles. The molecule has 0 spiro atoms. The number of aliphatic imine (C=N–C) groups is 1. The predicted molar refractivity (Wildman–Crippen MR) is 62.9 cm³/mol. The summed E-state index contributed by atoms with van der Waals surface area (Å²) < 4.78 is 0. The standard InChI is InChI=1S/C10H12N2O2S/c1-7-4-3-5-8(6-7)11-9(15-2)12-10(13)14/h3-6H,1-2H3,(H,11,12)(H,13,14). The Bertz CT molecular complexity index is 391. The maximum Gasteiger partial charge on any atom is 0.410 e. The summed E-state index contributed by atoms with van der Waals surface area (Å²) in [5.41, 5.74) is 1.83. The van der Waals surface area contributed by atoms with Gasteiger partial charge in [0.2, 0.25) is 0 Å². The highest BCUT2D eigenvalue weighted by molar-refractivity contribution is 8.13. The first-order valence-electron chi connectivity index (χ1n) is 4.31. The topological polar surface area (TPSA) is 61.7 Å². The number of nitrogens with one attached hydrogen (secondary N) is 1. The van der Waals surface area contributed by atoms with Crippen LogP contribution in [0.1, 0.15) is 5.56 Å². The van der Waals surface area contributed by atoms with Crippen molar-refractivity contribution in [3.63, 3.8) is 0 Å². The second-order valence-electron chi connectivity index (χ2n) is 2.89. The third kappa shape index (κ3) is 4.03. The largest absolute Gasteiger partial charge is 0.465 e. The fourth-order valence-electron chi connectivity index (χ4n) is 1.03. The van der Waals surface area contributed by atoms with Gasteiger partial charge in [-0.3, -0.25) is 5.32 Å². The number of carboxylic acid groups (broad SMARTS) is 1. The number of benzene rings is 1. The Labute approximate surface area is 92.4 Å². The van der Waals surface area contributed by atoms with Crippen LogP contribution in [0.25, 0.3) is 0 Å². The average molecular weight is 224 g/mol. The number of rotatable bonds is 1. The molecule has 1 amide bonds. The maximum absolute atomic E-state index is 10.4. The van der Waals surface area contributed by atoms with E-state index in [1.807, 2.05) is 31.2 Å². The van der Waals surface area contributed by atoms with Crippen LogP contribution in [0.15, 0.2) is 29.3 Å². The Balaban J connectivity index is 2.87. The molecule has 15 heavy (non-hydrogen) atoms. The van der Waals surface area contributed by atoms with Crippen LogP contribution in [-0.2, 0) is 0 Å². The van der Waals surface area contributed by atoms with Crippen molar-refractivity contribution in [3.05, 3.63) is 29.8 Å². The van der Waals surface area contributed by atoms with Crippen LogP contribution in [0, 0.1) is 6.92 Å². The van der Waals surface area contributed by atoms with Gasteiger partial charge in [-0.05, 0) is 30.9 Å². The van der Waals surface area contributed by atoms with E-state index in [1.165, 1.54) is 11.8 Å². The first-order chi connectivity index (χ1) is 7.11. The first kappa shape index (κ1) is 11.6. The second-order valence-corrected chi connectivity index (χ2v) is 3.69. The molecule has 0 fully saturated rings. The lowest BCUT2D eigenvalue weighted by atomic mass is 10.2. The van der Waals surface area contributed by atoms with Crippen LogP contribution in [0.2, 0.25) is 0 Å². The Kier molecular flexibility index (Phi) is 4.17. The van der Waals surface area contributed by atoms with Crippen LogP contribution in [0.4, 0.5) is 10.5 Å². The molecule has 1 aromatic carbocycles. The second kappa shape index (κ2) is 5.41. The normalized spacial score (nSPS) is 11.2. The number of hydrogen-bond acceptors (Lipinski definition) is 3. The van der Waals surface area contributed by atoms with E-state index in [0.29, 0.717) is 5.17 Å². The number of aryl methyl sites for hydroxylation is 1. The molecule has 0 unspecified atom stereocenters. The van der Waals surface area contributed by atoms with E-state index in [-0.39, 0.29) is 0 Å². The van der Waals surface area contributed by atoms with Gasteiger partial charge >= 0.3 is 6.09 Å². The molecule has 0 saturated carbocycles. The highest BCUT2D eigenvalue weighted by Crippen LogP contribution is 2.15. The van der Waals surface area contributed by atoms with Gasteiger partial charge in [0.25, 0.3) is 0 Å². The number of carbonyl (C=O) groups is 1. The van der Waals surface area contributed by atoms with Crippen molar-refractivity contribution in [1.82, 2.24) is 5.32 Å². The number of amides is 1. The predicted octanol–water partition coefficient (Wildman–Crippen LogP) is 2.61. The van der Waals surface area contributed by atoms with Crippen molar-refractivity contribution in [2.75, 3.05) is 6.26 Å². The average Bonchev–Trinajstić information content (AvgIpc) is 2.16. The van der Waals surface area contributed by atoms with Crippen LogP contribution in [0.5, 0.6) is 0 Å². The zero-order chi connectivity index (χ0) is 11.3. The highest BCUT2D eigenvalue weighted by Gasteiger charge is 2.01. The minimum Gasteiger partial charge on any atom is -0.465 e. The van der Waals surface area contributed by atoms with Crippen molar-refractivity contribution in [2.24, 2.45) is 4.99 Å². The summed E-state index contributed by atoms with van der Waals surface area (Å²) in [6.07, 6.45) is 0.667. The van der Waals surface area contributed by atoms with Crippen molar-refractivity contribution >= 4 is 28.7 Å². The lowest BCUT2D eigenvalue weighted by Crippen LogP contribution is -2.25. The molecule has 0 aromatic heterocycles. The minimum atomic E-state index is -1.10. The fraction of sp³-hybridized carbons (Fsp3) is 0.200. The lowest BCUT2D eigenvalue weighted by molar-refractivity contribution is 0.200. The molecule has 0 aliphatic carbocycles. The molecular weight excluding hydrogens is 212 g/mol. The lowest BCUT2D eigenvalue weighted by Gasteiger charge is -2.02. The Hall–Kier alpha value is -1.49. The van der Waals surface area contributed by atoms with Crippen molar-refractivity contribution in [2.45, 2.75) is 6.92 Å². The van der Waals surface area contributed by atoms with Gasteiger partial charge in [-0.1, -0.05) is 23.9 Å². The molecule has 0 radical (unpaired) electrons. The molecule has 1 rings (SSSR count). The molecule has 0 atom stereocenters. The van der Waals surface area contributed by atoms with Gasteiger partial charge < -0.3 is 5.11 Å². The minimum absolute atomic E-state index is 0.369. The molecular formula is C10H12N2O2S. The highest BCUT2D eigenvalue weighted by atomic mass is 32.2.